The molecule has 0 unspecified atom stereocenters. The molecule has 7 heteroatoms. The molecular formula is C15H20N4O3. The van der Waals surface area contributed by atoms with Crippen molar-refractivity contribution in [2.75, 3.05) is 13.6 Å². The van der Waals surface area contributed by atoms with E-state index < -0.39 is 0 Å². The molecule has 0 bridgehead atoms. The van der Waals surface area contributed by atoms with E-state index >= 15 is 0 Å². The van der Waals surface area contributed by atoms with Crippen molar-refractivity contribution in [3.05, 3.63) is 52.1 Å². The fourth-order valence-corrected chi connectivity index (χ4v) is 2.07. The summed E-state index contributed by atoms with van der Waals surface area (Å²) in [6.07, 6.45) is 2.04. The van der Waals surface area contributed by atoms with Crippen LogP contribution in [0.3, 0.4) is 0 Å². The Morgan fingerprint density at radius 2 is 2.32 bits per heavy atom. The molecule has 0 radical (unpaired) electrons. The SMILES string of the molecule is Cc1cc(=O)[nH]c(CCNC(=O)N(C)[C@@H](C)c2ccco2)n1. The monoisotopic (exact) mass is 304 g/mol. The summed E-state index contributed by atoms with van der Waals surface area (Å²) in [7, 11) is 1.70. The summed E-state index contributed by atoms with van der Waals surface area (Å²) in [6, 6.07) is 4.68. The standard InChI is InChI=1S/C15H20N4O3/c1-10-9-14(20)18-13(17-10)6-7-16-15(21)19(3)11(2)12-5-4-8-22-12/h4-5,8-9,11H,6-7H2,1-3H3,(H,16,21)(H,17,18,20)/t11-/m0/s1. The average molecular weight is 304 g/mol. The van der Waals surface area contributed by atoms with Gasteiger partial charge in [0.2, 0.25) is 0 Å². The number of aromatic nitrogens is 2. The van der Waals surface area contributed by atoms with Gasteiger partial charge in [-0.25, -0.2) is 9.78 Å². The van der Waals surface area contributed by atoms with E-state index in [9.17, 15) is 9.59 Å². The van der Waals surface area contributed by atoms with Crippen LogP contribution in [0.25, 0.3) is 0 Å². The lowest BCUT2D eigenvalue weighted by Gasteiger charge is -2.23. The number of aryl methyl sites for hydroxylation is 1. The summed E-state index contributed by atoms with van der Waals surface area (Å²) in [5.74, 6) is 1.29. The predicted octanol–water partition coefficient (Wildman–Crippen LogP) is 1.62. The molecule has 2 heterocycles. The largest absolute Gasteiger partial charge is 0.467 e. The van der Waals surface area contributed by atoms with Crippen molar-refractivity contribution in [3.8, 4) is 0 Å². The van der Waals surface area contributed by atoms with E-state index in [1.54, 1.807) is 31.2 Å². The predicted molar refractivity (Wildman–Crippen MR) is 81.6 cm³/mol. The molecule has 22 heavy (non-hydrogen) atoms. The van der Waals surface area contributed by atoms with Crippen molar-refractivity contribution < 1.29 is 9.21 Å². The van der Waals surface area contributed by atoms with Crippen molar-refractivity contribution in [1.82, 2.24) is 20.2 Å². The lowest BCUT2D eigenvalue weighted by atomic mass is 10.2. The molecule has 118 valence electrons. The van der Waals surface area contributed by atoms with Gasteiger partial charge in [-0.15, -0.1) is 0 Å². The van der Waals surface area contributed by atoms with Crippen LogP contribution in [0.1, 0.15) is 30.2 Å². The molecule has 0 spiro atoms. The lowest BCUT2D eigenvalue weighted by molar-refractivity contribution is 0.187. The zero-order chi connectivity index (χ0) is 16.1. The van der Waals surface area contributed by atoms with E-state index in [1.807, 2.05) is 13.0 Å². The second-order valence-corrected chi connectivity index (χ2v) is 5.12. The smallest absolute Gasteiger partial charge is 0.317 e. The molecule has 0 saturated carbocycles. The molecular weight excluding hydrogens is 284 g/mol. The number of aromatic amines is 1. The zero-order valence-corrected chi connectivity index (χ0v) is 12.9. The van der Waals surface area contributed by atoms with Crippen molar-refractivity contribution in [1.29, 1.82) is 0 Å². The number of hydrogen-bond donors (Lipinski definition) is 2. The number of urea groups is 1. The van der Waals surface area contributed by atoms with Crippen molar-refractivity contribution in [3.63, 3.8) is 0 Å². The maximum atomic E-state index is 12.1. The van der Waals surface area contributed by atoms with Crippen LogP contribution in [0.4, 0.5) is 4.79 Å². The Morgan fingerprint density at radius 3 is 2.95 bits per heavy atom. The first-order valence-corrected chi connectivity index (χ1v) is 7.08. The minimum absolute atomic E-state index is 0.160. The maximum absolute atomic E-state index is 12.1. The van der Waals surface area contributed by atoms with Crippen LogP contribution in [-0.2, 0) is 6.42 Å². The third-order valence-electron chi connectivity index (χ3n) is 3.41. The van der Waals surface area contributed by atoms with E-state index in [1.165, 1.54) is 6.07 Å². The van der Waals surface area contributed by atoms with Crippen LogP contribution in [0.2, 0.25) is 0 Å². The first-order valence-electron chi connectivity index (χ1n) is 7.08. The number of H-pyrrole nitrogens is 1. The van der Waals surface area contributed by atoms with E-state index in [0.717, 1.165) is 5.76 Å². The Morgan fingerprint density at radius 1 is 1.55 bits per heavy atom. The van der Waals surface area contributed by atoms with Crippen molar-refractivity contribution in [2.24, 2.45) is 0 Å². The molecule has 2 rings (SSSR count). The van der Waals surface area contributed by atoms with Gasteiger partial charge in [-0.3, -0.25) is 4.79 Å². The van der Waals surface area contributed by atoms with Gasteiger partial charge in [0.1, 0.15) is 11.6 Å². The van der Waals surface area contributed by atoms with E-state index in [2.05, 4.69) is 15.3 Å². The van der Waals surface area contributed by atoms with Crippen LogP contribution in [-0.4, -0.2) is 34.5 Å². The molecule has 0 aliphatic heterocycles. The number of furan rings is 1. The average Bonchev–Trinajstić information content (AvgIpc) is 2.98. The third kappa shape index (κ3) is 3.97. The lowest BCUT2D eigenvalue weighted by Crippen LogP contribution is -2.39. The number of rotatable bonds is 5. The molecule has 0 saturated heterocycles. The number of nitrogens with zero attached hydrogens (tertiary/aromatic N) is 2. The summed E-state index contributed by atoms with van der Waals surface area (Å²) in [5.41, 5.74) is 0.478. The first kappa shape index (κ1) is 15.8. The summed E-state index contributed by atoms with van der Waals surface area (Å²) in [4.78, 5) is 31.8. The van der Waals surface area contributed by atoms with Gasteiger partial charge < -0.3 is 19.6 Å². The Bertz CT molecular complexity index is 678. The number of carbonyl (C=O) groups is 1. The fraction of sp³-hybridized carbons (Fsp3) is 0.400. The van der Waals surface area contributed by atoms with Gasteiger partial charge >= 0.3 is 6.03 Å². The van der Waals surface area contributed by atoms with Gasteiger partial charge in [-0.05, 0) is 26.0 Å². The van der Waals surface area contributed by atoms with Crippen LogP contribution in [0, 0.1) is 6.92 Å². The number of nitrogens with one attached hydrogen (secondary N) is 2. The first-order chi connectivity index (χ1) is 10.5. The van der Waals surface area contributed by atoms with Crippen LogP contribution >= 0.6 is 0 Å². The van der Waals surface area contributed by atoms with Gasteiger partial charge in [0.05, 0.1) is 12.3 Å². The molecule has 2 N–H and O–H groups in total. The third-order valence-corrected chi connectivity index (χ3v) is 3.41. The van der Waals surface area contributed by atoms with Crippen LogP contribution in [0.5, 0.6) is 0 Å². The van der Waals surface area contributed by atoms with E-state index in [0.29, 0.717) is 24.5 Å². The van der Waals surface area contributed by atoms with Gasteiger partial charge in [0.25, 0.3) is 5.56 Å². The topological polar surface area (TPSA) is 91.2 Å². The highest BCUT2D eigenvalue weighted by molar-refractivity contribution is 5.74. The quantitative estimate of drug-likeness (QED) is 0.878. The van der Waals surface area contributed by atoms with E-state index in [4.69, 9.17) is 4.42 Å². The molecule has 2 amide bonds. The summed E-state index contributed by atoms with van der Waals surface area (Å²) >= 11 is 0. The highest BCUT2D eigenvalue weighted by Crippen LogP contribution is 2.18. The van der Waals surface area contributed by atoms with E-state index in [-0.39, 0.29) is 17.6 Å². The second kappa shape index (κ2) is 6.93. The number of amides is 2. The summed E-state index contributed by atoms with van der Waals surface area (Å²) in [6.45, 7) is 4.04. The molecule has 2 aromatic heterocycles. The normalized spacial score (nSPS) is 12.0. The molecule has 0 fully saturated rings. The Kier molecular flexibility index (Phi) is 4.98. The second-order valence-electron chi connectivity index (χ2n) is 5.12. The molecule has 2 aromatic rings. The van der Waals surface area contributed by atoms with Gasteiger partial charge in [0, 0.05) is 31.8 Å². The highest BCUT2D eigenvalue weighted by Gasteiger charge is 2.18. The Balaban J connectivity index is 1.86. The highest BCUT2D eigenvalue weighted by atomic mass is 16.3. The van der Waals surface area contributed by atoms with Crippen molar-refractivity contribution >= 4 is 6.03 Å². The van der Waals surface area contributed by atoms with Gasteiger partial charge in [-0.1, -0.05) is 0 Å². The molecule has 0 aromatic carbocycles. The summed E-state index contributed by atoms with van der Waals surface area (Å²) < 4.78 is 5.30. The molecule has 0 aliphatic carbocycles. The zero-order valence-electron chi connectivity index (χ0n) is 12.9. The summed E-state index contributed by atoms with van der Waals surface area (Å²) in [5, 5.41) is 2.80. The molecule has 1 atom stereocenters. The minimum Gasteiger partial charge on any atom is -0.467 e. The maximum Gasteiger partial charge on any atom is 0.317 e. The number of carbonyl (C=O) groups excluding carboxylic acids is 1. The van der Waals surface area contributed by atoms with Gasteiger partial charge in [0.15, 0.2) is 0 Å². The van der Waals surface area contributed by atoms with Crippen LogP contribution in [0.15, 0.2) is 33.7 Å². The van der Waals surface area contributed by atoms with Crippen molar-refractivity contribution in [2.45, 2.75) is 26.3 Å². The minimum atomic E-state index is -0.209. The van der Waals surface area contributed by atoms with Crippen LogP contribution < -0.4 is 10.9 Å². The van der Waals surface area contributed by atoms with Gasteiger partial charge in [-0.2, -0.15) is 0 Å². The molecule has 0 aliphatic rings. The molecule has 7 nitrogen and oxygen atoms in total. The number of hydrogen-bond acceptors (Lipinski definition) is 4. The fourth-order valence-electron chi connectivity index (χ4n) is 2.07. The Labute approximate surface area is 128 Å². The Hall–Kier alpha value is -2.57.